The van der Waals surface area contributed by atoms with Crippen LogP contribution in [0, 0.1) is 0 Å². The van der Waals surface area contributed by atoms with Crippen molar-refractivity contribution in [2.24, 2.45) is 0 Å². The van der Waals surface area contributed by atoms with Gasteiger partial charge in [0.05, 0.1) is 0 Å². The predicted molar refractivity (Wildman–Crippen MR) is 72.8 cm³/mol. The molecule has 0 fully saturated rings. The van der Waals surface area contributed by atoms with Gasteiger partial charge in [-0.3, -0.25) is 4.79 Å². The van der Waals surface area contributed by atoms with Crippen LogP contribution in [0.15, 0.2) is 18.2 Å². The van der Waals surface area contributed by atoms with Crippen molar-refractivity contribution in [2.75, 3.05) is 26.9 Å². The van der Waals surface area contributed by atoms with Crippen LogP contribution in [-0.2, 0) is 9.53 Å². The highest BCUT2D eigenvalue weighted by atomic mass is 16.6. The van der Waals surface area contributed by atoms with Gasteiger partial charge in [0.2, 0.25) is 0 Å². The molecule has 1 aliphatic rings. The summed E-state index contributed by atoms with van der Waals surface area (Å²) in [4.78, 5) is 23.2. The van der Waals surface area contributed by atoms with Crippen molar-refractivity contribution in [2.45, 2.75) is 12.5 Å². The van der Waals surface area contributed by atoms with Gasteiger partial charge in [0.1, 0.15) is 19.3 Å². The van der Waals surface area contributed by atoms with Crippen LogP contribution in [0.5, 0.6) is 11.5 Å². The molecule has 0 saturated carbocycles. The van der Waals surface area contributed by atoms with Crippen molar-refractivity contribution in [3.05, 3.63) is 23.8 Å². The van der Waals surface area contributed by atoms with E-state index in [4.69, 9.17) is 19.3 Å². The van der Waals surface area contributed by atoms with Crippen molar-refractivity contribution in [3.8, 4) is 11.5 Å². The number of nitrogens with one attached hydrogen (secondary N) is 1. The van der Waals surface area contributed by atoms with E-state index in [9.17, 15) is 9.59 Å². The highest BCUT2D eigenvalue weighted by molar-refractivity contribution is 5.97. The minimum Gasteiger partial charge on any atom is -0.486 e. The molecule has 0 radical (unpaired) electrons. The maximum atomic E-state index is 12.1. The highest BCUT2D eigenvalue weighted by Crippen LogP contribution is 2.30. The van der Waals surface area contributed by atoms with E-state index in [-0.39, 0.29) is 13.0 Å². The fourth-order valence-electron chi connectivity index (χ4n) is 1.92. The van der Waals surface area contributed by atoms with E-state index in [1.807, 2.05) is 0 Å². The van der Waals surface area contributed by atoms with Crippen LogP contribution in [0.4, 0.5) is 0 Å². The van der Waals surface area contributed by atoms with Gasteiger partial charge in [0.15, 0.2) is 11.5 Å². The Labute approximate surface area is 121 Å². The quantitative estimate of drug-likeness (QED) is 0.801. The lowest BCUT2D eigenvalue weighted by Crippen LogP contribution is -2.41. The van der Waals surface area contributed by atoms with Gasteiger partial charge in [-0.25, -0.2) is 4.79 Å². The largest absolute Gasteiger partial charge is 0.486 e. The van der Waals surface area contributed by atoms with Crippen LogP contribution < -0.4 is 14.8 Å². The molecule has 1 atom stereocenters. The smallest absolute Gasteiger partial charge is 0.326 e. The zero-order chi connectivity index (χ0) is 15.2. The summed E-state index contributed by atoms with van der Waals surface area (Å²) in [5.74, 6) is -0.516. The van der Waals surface area contributed by atoms with Gasteiger partial charge < -0.3 is 24.6 Å². The second kappa shape index (κ2) is 6.94. The van der Waals surface area contributed by atoms with E-state index in [1.54, 1.807) is 18.2 Å². The number of carbonyl (C=O) groups is 2. The van der Waals surface area contributed by atoms with Crippen LogP contribution in [0.1, 0.15) is 16.8 Å². The van der Waals surface area contributed by atoms with Gasteiger partial charge in [0.25, 0.3) is 5.91 Å². The first-order chi connectivity index (χ1) is 10.1. The minimum absolute atomic E-state index is 0.197. The number of fused-ring (bicyclic) bond motifs is 1. The van der Waals surface area contributed by atoms with Crippen molar-refractivity contribution < 1.29 is 28.9 Å². The number of amides is 1. The summed E-state index contributed by atoms with van der Waals surface area (Å²) < 4.78 is 15.6. The Bertz CT molecular complexity index is 530. The monoisotopic (exact) mass is 295 g/mol. The first-order valence-electron chi connectivity index (χ1n) is 6.54. The molecule has 0 aliphatic carbocycles. The molecule has 0 spiro atoms. The summed E-state index contributed by atoms with van der Waals surface area (Å²) in [6, 6.07) is 3.75. The number of rotatable bonds is 6. The Morgan fingerprint density at radius 1 is 1.33 bits per heavy atom. The van der Waals surface area contributed by atoms with Gasteiger partial charge >= 0.3 is 5.97 Å². The van der Waals surface area contributed by atoms with E-state index >= 15 is 0 Å². The van der Waals surface area contributed by atoms with Crippen LogP contribution in [0.25, 0.3) is 0 Å². The van der Waals surface area contributed by atoms with Gasteiger partial charge in [-0.05, 0) is 18.2 Å². The maximum Gasteiger partial charge on any atom is 0.326 e. The third kappa shape index (κ3) is 3.85. The molecule has 7 heteroatoms. The molecular formula is C14H17NO6. The molecule has 1 amide bonds. The lowest BCUT2D eigenvalue weighted by atomic mass is 10.1. The number of carboxylic acid groups (broad SMARTS) is 1. The molecular weight excluding hydrogens is 278 g/mol. The van der Waals surface area contributed by atoms with Gasteiger partial charge in [-0.1, -0.05) is 0 Å². The number of ether oxygens (including phenoxy) is 3. The summed E-state index contributed by atoms with van der Waals surface area (Å²) >= 11 is 0. The van der Waals surface area contributed by atoms with E-state index in [0.717, 1.165) is 0 Å². The highest BCUT2D eigenvalue weighted by Gasteiger charge is 2.21. The number of carboxylic acids is 1. The first kappa shape index (κ1) is 15.1. The van der Waals surface area contributed by atoms with Gasteiger partial charge in [-0.2, -0.15) is 0 Å². The SMILES string of the molecule is COCC[C@@H](NC(=O)c1ccc2c(c1)OCCO2)C(=O)O. The summed E-state index contributed by atoms with van der Waals surface area (Å²) in [7, 11) is 1.47. The summed E-state index contributed by atoms with van der Waals surface area (Å²) in [5.41, 5.74) is 0.322. The molecule has 1 aliphatic heterocycles. The number of hydrogen-bond donors (Lipinski definition) is 2. The fourth-order valence-corrected chi connectivity index (χ4v) is 1.92. The molecule has 1 aromatic carbocycles. The van der Waals surface area contributed by atoms with Crippen molar-refractivity contribution >= 4 is 11.9 Å². The lowest BCUT2D eigenvalue weighted by molar-refractivity contribution is -0.139. The number of hydrogen-bond acceptors (Lipinski definition) is 5. The van der Waals surface area contributed by atoms with Gasteiger partial charge in [-0.15, -0.1) is 0 Å². The van der Waals surface area contributed by atoms with Crippen molar-refractivity contribution in [1.29, 1.82) is 0 Å². The van der Waals surface area contributed by atoms with Crippen molar-refractivity contribution in [1.82, 2.24) is 5.32 Å². The molecule has 21 heavy (non-hydrogen) atoms. The number of aliphatic carboxylic acids is 1. The van der Waals surface area contributed by atoms with Crippen LogP contribution in [0.3, 0.4) is 0 Å². The van der Waals surface area contributed by atoms with E-state index in [2.05, 4.69) is 5.32 Å². The average Bonchev–Trinajstić information content (AvgIpc) is 2.50. The Morgan fingerprint density at radius 3 is 2.71 bits per heavy atom. The Kier molecular flexibility index (Phi) is 4.99. The third-order valence-electron chi connectivity index (χ3n) is 3.02. The minimum atomic E-state index is -1.10. The molecule has 2 N–H and O–H groups in total. The van der Waals surface area contributed by atoms with Crippen molar-refractivity contribution in [3.63, 3.8) is 0 Å². The number of benzene rings is 1. The van der Waals surface area contributed by atoms with E-state index in [1.165, 1.54) is 7.11 Å². The Morgan fingerprint density at radius 2 is 2.05 bits per heavy atom. The molecule has 0 aromatic heterocycles. The number of methoxy groups -OCH3 is 1. The first-order valence-corrected chi connectivity index (χ1v) is 6.54. The molecule has 0 saturated heterocycles. The molecule has 0 unspecified atom stereocenters. The zero-order valence-corrected chi connectivity index (χ0v) is 11.6. The van der Waals surface area contributed by atoms with Crippen LogP contribution in [-0.4, -0.2) is 50.0 Å². The molecule has 0 bridgehead atoms. The predicted octanol–water partition coefficient (Wildman–Crippen LogP) is 0.677. The Hall–Kier alpha value is -2.28. The standard InChI is InChI=1S/C14H17NO6/c1-19-5-4-10(14(17)18)15-13(16)9-2-3-11-12(8-9)21-7-6-20-11/h2-3,8,10H,4-7H2,1H3,(H,15,16)(H,17,18)/t10-/m1/s1. The molecule has 1 heterocycles. The average molecular weight is 295 g/mol. The number of carbonyl (C=O) groups excluding carboxylic acids is 1. The maximum absolute atomic E-state index is 12.1. The fraction of sp³-hybridized carbons (Fsp3) is 0.429. The molecule has 7 nitrogen and oxygen atoms in total. The zero-order valence-electron chi connectivity index (χ0n) is 11.6. The third-order valence-corrected chi connectivity index (χ3v) is 3.02. The topological polar surface area (TPSA) is 94.1 Å². The molecule has 1 aromatic rings. The summed E-state index contributed by atoms with van der Waals surface area (Å²) in [6.07, 6.45) is 0.197. The normalized spacial score (nSPS) is 14.3. The molecule has 2 rings (SSSR count). The van der Waals surface area contributed by atoms with E-state index in [0.29, 0.717) is 30.3 Å². The van der Waals surface area contributed by atoms with Gasteiger partial charge in [0, 0.05) is 25.7 Å². The second-order valence-electron chi connectivity index (χ2n) is 4.50. The summed E-state index contributed by atoms with van der Waals surface area (Å²) in [6.45, 7) is 1.14. The second-order valence-corrected chi connectivity index (χ2v) is 4.50. The molecule has 114 valence electrons. The Balaban J connectivity index is 2.06. The van der Waals surface area contributed by atoms with Crippen LogP contribution in [0.2, 0.25) is 0 Å². The summed E-state index contributed by atoms with van der Waals surface area (Å²) in [5, 5.41) is 11.5. The van der Waals surface area contributed by atoms with Crippen LogP contribution >= 0.6 is 0 Å². The lowest BCUT2D eigenvalue weighted by Gasteiger charge is -2.19. The van der Waals surface area contributed by atoms with E-state index < -0.39 is 17.9 Å².